The SMILES string of the molecule is CC(=O)NC1(NCc2cccc(C#N)c2)NC(C)(c2cncs2)CS1. The highest BCUT2D eigenvalue weighted by atomic mass is 32.2. The summed E-state index contributed by atoms with van der Waals surface area (Å²) in [4.78, 5) is 17.0. The van der Waals surface area contributed by atoms with Crippen LogP contribution >= 0.6 is 23.1 Å². The van der Waals surface area contributed by atoms with E-state index in [2.05, 4.69) is 33.9 Å². The molecule has 1 aliphatic rings. The zero-order valence-corrected chi connectivity index (χ0v) is 15.6. The smallest absolute Gasteiger partial charge is 0.219 e. The van der Waals surface area contributed by atoms with Gasteiger partial charge in [0.2, 0.25) is 5.91 Å². The Bertz CT molecular complexity index is 804. The van der Waals surface area contributed by atoms with Crippen LogP contribution in [0.1, 0.15) is 29.9 Å². The monoisotopic (exact) mass is 373 g/mol. The first kappa shape index (κ1) is 17.9. The van der Waals surface area contributed by atoms with E-state index in [9.17, 15) is 4.79 Å². The number of nitrogens with zero attached hydrogens (tertiary/aromatic N) is 2. The Morgan fingerprint density at radius 3 is 3.04 bits per heavy atom. The van der Waals surface area contributed by atoms with Gasteiger partial charge in [-0.3, -0.25) is 20.4 Å². The number of aromatic nitrogens is 1. The van der Waals surface area contributed by atoms with Crippen molar-refractivity contribution in [1.82, 2.24) is 20.9 Å². The fourth-order valence-electron chi connectivity index (χ4n) is 2.77. The first-order chi connectivity index (χ1) is 11.9. The molecule has 1 aliphatic heterocycles. The van der Waals surface area contributed by atoms with Crippen molar-refractivity contribution >= 4 is 29.0 Å². The molecule has 2 heterocycles. The van der Waals surface area contributed by atoms with Crippen LogP contribution in [0.4, 0.5) is 0 Å². The molecule has 0 aliphatic carbocycles. The quantitative estimate of drug-likeness (QED) is 0.696. The summed E-state index contributed by atoms with van der Waals surface area (Å²) >= 11 is 3.21. The number of thiazole rings is 1. The second-order valence-corrected chi connectivity index (χ2v) is 8.22. The van der Waals surface area contributed by atoms with Gasteiger partial charge in [0.1, 0.15) is 0 Å². The molecule has 0 radical (unpaired) electrons. The van der Waals surface area contributed by atoms with Crippen LogP contribution < -0.4 is 16.0 Å². The van der Waals surface area contributed by atoms with Gasteiger partial charge in [-0.15, -0.1) is 11.3 Å². The van der Waals surface area contributed by atoms with E-state index in [4.69, 9.17) is 5.26 Å². The highest BCUT2D eigenvalue weighted by Gasteiger charge is 2.47. The minimum Gasteiger partial charge on any atom is -0.317 e. The number of carbonyl (C=O) groups excluding carboxylic acids is 1. The van der Waals surface area contributed by atoms with E-state index in [1.165, 1.54) is 6.92 Å². The van der Waals surface area contributed by atoms with Gasteiger partial charge >= 0.3 is 0 Å². The summed E-state index contributed by atoms with van der Waals surface area (Å²) in [5, 5.41) is 18.2. The van der Waals surface area contributed by atoms with Crippen LogP contribution in [0.5, 0.6) is 0 Å². The number of nitrogens with one attached hydrogen (secondary N) is 3. The molecule has 3 rings (SSSR count). The molecule has 0 saturated carbocycles. The summed E-state index contributed by atoms with van der Waals surface area (Å²) in [7, 11) is 0. The topological polar surface area (TPSA) is 89.8 Å². The largest absolute Gasteiger partial charge is 0.317 e. The molecular weight excluding hydrogens is 354 g/mol. The third-order valence-corrected chi connectivity index (χ3v) is 6.50. The van der Waals surface area contributed by atoms with Crippen LogP contribution in [0.2, 0.25) is 0 Å². The Morgan fingerprint density at radius 1 is 1.52 bits per heavy atom. The number of benzene rings is 1. The predicted octanol–water partition coefficient (Wildman–Crippen LogP) is 2.10. The molecule has 6 nitrogen and oxygen atoms in total. The average molecular weight is 374 g/mol. The summed E-state index contributed by atoms with van der Waals surface area (Å²) in [5.41, 5.74) is 3.13. The number of hydrogen-bond acceptors (Lipinski definition) is 7. The van der Waals surface area contributed by atoms with Crippen molar-refractivity contribution in [3.8, 4) is 6.07 Å². The van der Waals surface area contributed by atoms with E-state index in [0.717, 1.165) is 16.2 Å². The highest BCUT2D eigenvalue weighted by Crippen LogP contribution is 2.40. The molecule has 2 atom stereocenters. The second-order valence-electron chi connectivity index (χ2n) is 6.14. The Balaban J connectivity index is 1.78. The van der Waals surface area contributed by atoms with Crippen molar-refractivity contribution in [3.05, 3.63) is 52.0 Å². The molecular formula is C17H19N5OS2. The van der Waals surface area contributed by atoms with Crippen molar-refractivity contribution in [2.24, 2.45) is 0 Å². The van der Waals surface area contributed by atoms with E-state index in [1.54, 1.807) is 29.2 Å². The molecule has 3 N–H and O–H groups in total. The third-order valence-electron chi connectivity index (χ3n) is 3.96. The fourth-order valence-corrected chi connectivity index (χ4v) is 5.02. The first-order valence-electron chi connectivity index (χ1n) is 7.80. The summed E-state index contributed by atoms with van der Waals surface area (Å²) in [6.45, 7) is 4.13. The van der Waals surface area contributed by atoms with Crippen LogP contribution in [-0.2, 0) is 16.9 Å². The standard InChI is InChI=1S/C17H19N5OS2/c1-12(23)21-17(20-8-14-5-3-4-13(6-14)7-18)22-16(2,10-25-17)15-9-19-11-24-15/h3-6,9,11,20,22H,8,10H2,1-2H3,(H,21,23). The van der Waals surface area contributed by atoms with Gasteiger partial charge in [-0.25, -0.2) is 0 Å². The molecule has 1 aromatic heterocycles. The maximum absolute atomic E-state index is 11.8. The number of amides is 1. The second kappa shape index (κ2) is 7.14. The van der Waals surface area contributed by atoms with Crippen LogP contribution in [0.15, 0.2) is 36.0 Å². The highest BCUT2D eigenvalue weighted by molar-refractivity contribution is 8.00. The van der Waals surface area contributed by atoms with Crippen molar-refractivity contribution < 1.29 is 4.79 Å². The van der Waals surface area contributed by atoms with Crippen molar-refractivity contribution in [2.45, 2.75) is 31.0 Å². The van der Waals surface area contributed by atoms with Gasteiger partial charge in [0.15, 0.2) is 5.12 Å². The Morgan fingerprint density at radius 2 is 2.36 bits per heavy atom. The lowest BCUT2D eigenvalue weighted by atomic mass is 10.0. The lowest BCUT2D eigenvalue weighted by Crippen LogP contribution is -2.65. The van der Waals surface area contributed by atoms with Crippen molar-refractivity contribution in [1.29, 1.82) is 5.26 Å². The predicted molar refractivity (Wildman–Crippen MR) is 99.6 cm³/mol. The van der Waals surface area contributed by atoms with Gasteiger partial charge < -0.3 is 5.32 Å². The minimum absolute atomic E-state index is 0.119. The summed E-state index contributed by atoms with van der Waals surface area (Å²) in [6, 6.07) is 9.58. The Hall–Kier alpha value is -1.92. The van der Waals surface area contributed by atoms with Crippen LogP contribution in [-0.4, -0.2) is 21.8 Å². The first-order valence-corrected chi connectivity index (χ1v) is 9.66. The summed E-state index contributed by atoms with van der Waals surface area (Å²) in [6.07, 6.45) is 1.86. The Kier molecular flexibility index (Phi) is 5.11. The molecule has 0 bridgehead atoms. The normalized spacial score (nSPS) is 25.5. The van der Waals surface area contributed by atoms with E-state index >= 15 is 0 Å². The van der Waals surface area contributed by atoms with Crippen molar-refractivity contribution in [3.63, 3.8) is 0 Å². The van der Waals surface area contributed by atoms with E-state index in [0.29, 0.717) is 12.1 Å². The van der Waals surface area contributed by atoms with Gasteiger partial charge in [-0.2, -0.15) is 5.26 Å². The number of thioether (sulfide) groups is 1. The lowest BCUT2D eigenvalue weighted by molar-refractivity contribution is -0.120. The zero-order valence-electron chi connectivity index (χ0n) is 14.0. The molecule has 1 saturated heterocycles. The molecule has 1 amide bonds. The molecule has 8 heteroatoms. The van der Waals surface area contributed by atoms with E-state index in [1.807, 2.05) is 29.9 Å². The van der Waals surface area contributed by atoms with Crippen LogP contribution in [0, 0.1) is 11.3 Å². The van der Waals surface area contributed by atoms with Gasteiger partial charge in [-0.1, -0.05) is 23.9 Å². The molecule has 130 valence electrons. The molecule has 25 heavy (non-hydrogen) atoms. The maximum atomic E-state index is 11.8. The molecule has 1 fully saturated rings. The van der Waals surface area contributed by atoms with Gasteiger partial charge in [0.25, 0.3) is 0 Å². The number of nitriles is 1. The minimum atomic E-state index is -0.771. The summed E-state index contributed by atoms with van der Waals surface area (Å²) in [5.74, 6) is 0.674. The number of hydrogen-bond donors (Lipinski definition) is 3. The van der Waals surface area contributed by atoms with Gasteiger partial charge in [0, 0.05) is 30.3 Å². The average Bonchev–Trinajstić information content (AvgIpc) is 3.23. The van der Waals surface area contributed by atoms with Gasteiger partial charge in [0.05, 0.1) is 22.7 Å². The Labute approximate surface area is 155 Å². The number of carbonyl (C=O) groups is 1. The molecule has 2 unspecified atom stereocenters. The van der Waals surface area contributed by atoms with Crippen LogP contribution in [0.3, 0.4) is 0 Å². The fraction of sp³-hybridized carbons (Fsp3) is 0.353. The van der Waals surface area contributed by atoms with E-state index < -0.39 is 5.12 Å². The zero-order chi connectivity index (χ0) is 17.9. The molecule has 2 aromatic rings. The van der Waals surface area contributed by atoms with E-state index in [-0.39, 0.29) is 11.4 Å². The molecule has 0 spiro atoms. The number of rotatable bonds is 5. The van der Waals surface area contributed by atoms with Crippen molar-refractivity contribution in [2.75, 3.05) is 5.75 Å². The van der Waals surface area contributed by atoms with Gasteiger partial charge in [-0.05, 0) is 24.6 Å². The third kappa shape index (κ3) is 4.02. The lowest BCUT2D eigenvalue weighted by Gasteiger charge is -2.34. The van der Waals surface area contributed by atoms with Crippen LogP contribution in [0.25, 0.3) is 0 Å². The molecule has 1 aromatic carbocycles. The summed E-state index contributed by atoms with van der Waals surface area (Å²) < 4.78 is 0. The maximum Gasteiger partial charge on any atom is 0.219 e.